The van der Waals surface area contributed by atoms with Gasteiger partial charge in [0.2, 0.25) is 6.39 Å². The van der Waals surface area contributed by atoms with Crippen LogP contribution in [0.5, 0.6) is 0 Å². The van der Waals surface area contributed by atoms with Crippen LogP contribution in [0, 0.1) is 0 Å². The van der Waals surface area contributed by atoms with Gasteiger partial charge in [-0.15, -0.1) is 5.10 Å². The van der Waals surface area contributed by atoms with Crippen LogP contribution in [0.25, 0.3) is 0 Å². The topological polar surface area (TPSA) is 86.7 Å². The molecule has 0 saturated carbocycles. The minimum Gasteiger partial charge on any atom is -0.343 e. The Bertz CT molecular complexity index is 518. The first-order valence-corrected chi connectivity index (χ1v) is 4.24. The molecule has 0 saturated heterocycles. The van der Waals surface area contributed by atoms with Crippen molar-refractivity contribution in [2.75, 3.05) is 0 Å². The van der Waals surface area contributed by atoms with Gasteiger partial charge in [0.25, 0.3) is 5.78 Å². The molecule has 0 aliphatic heterocycles. The van der Waals surface area contributed by atoms with Gasteiger partial charge in [0, 0.05) is 0 Å². The maximum atomic E-state index is 12.1. The molecule has 0 N–H and O–H groups in total. The summed E-state index contributed by atoms with van der Waals surface area (Å²) in [4.78, 5) is 14.4. The van der Waals surface area contributed by atoms with Crippen molar-refractivity contribution in [1.29, 1.82) is 0 Å². The zero-order chi connectivity index (χ0) is 12.5. The van der Waals surface area contributed by atoms with E-state index < -0.39 is 17.7 Å². The van der Waals surface area contributed by atoms with Gasteiger partial charge >= 0.3 is 6.18 Å². The maximum Gasteiger partial charge on any atom is 0.456 e. The van der Waals surface area contributed by atoms with Crippen molar-refractivity contribution in [1.82, 2.24) is 25.1 Å². The van der Waals surface area contributed by atoms with Crippen LogP contribution < -0.4 is 0 Å². The van der Waals surface area contributed by atoms with Gasteiger partial charge in [0.15, 0.2) is 11.5 Å². The van der Waals surface area contributed by atoms with Crippen LogP contribution >= 0.6 is 0 Å². The fourth-order valence-electron chi connectivity index (χ4n) is 1.03. The lowest BCUT2D eigenvalue weighted by atomic mass is 10.3. The molecule has 2 aromatic heterocycles. The van der Waals surface area contributed by atoms with Crippen molar-refractivity contribution in [3.8, 4) is 0 Å². The van der Waals surface area contributed by atoms with Crippen molar-refractivity contribution in [2.45, 2.75) is 12.7 Å². The van der Waals surface area contributed by atoms with Gasteiger partial charge in [-0.1, -0.05) is 10.4 Å². The molecule has 0 amide bonds. The Labute approximate surface area is 91.2 Å². The molecular formula is C7H4F3N5O2. The molecule has 90 valence electrons. The summed E-state index contributed by atoms with van der Waals surface area (Å²) >= 11 is 0. The Morgan fingerprint density at radius 3 is 2.82 bits per heavy atom. The largest absolute Gasteiger partial charge is 0.456 e. The lowest BCUT2D eigenvalue weighted by molar-refractivity contribution is -0.0888. The number of hydrogen-bond acceptors (Lipinski definition) is 6. The fraction of sp³-hybridized carbons (Fsp3) is 0.286. The summed E-state index contributed by atoms with van der Waals surface area (Å²) in [6.07, 6.45) is -3.03. The molecule has 0 aliphatic carbocycles. The first kappa shape index (κ1) is 11.2. The highest BCUT2D eigenvalue weighted by molar-refractivity contribution is 5.98. The molecule has 2 aromatic rings. The predicted octanol–water partition coefficient (Wildman–Crippen LogP) is 0.454. The van der Waals surface area contributed by atoms with Gasteiger partial charge in [-0.2, -0.15) is 18.2 Å². The lowest BCUT2D eigenvalue weighted by Gasteiger charge is -1.99. The number of hydrogen-bond donors (Lipinski definition) is 0. The van der Waals surface area contributed by atoms with Crippen LogP contribution in [0.3, 0.4) is 0 Å². The van der Waals surface area contributed by atoms with E-state index in [1.54, 1.807) is 0 Å². The summed E-state index contributed by atoms with van der Waals surface area (Å²) < 4.78 is 41.6. The summed E-state index contributed by atoms with van der Waals surface area (Å²) in [5.41, 5.74) is -0.777. The standard InChI is InChI=1S/C7H4F3N5O2/c8-7(9,10)6(16)4-1-15(14-12-4)2-5-11-3-17-13-5/h1,3H,2H2. The van der Waals surface area contributed by atoms with Gasteiger partial charge in [-0.05, 0) is 0 Å². The van der Waals surface area contributed by atoms with E-state index in [1.165, 1.54) is 0 Å². The molecule has 10 heteroatoms. The van der Waals surface area contributed by atoms with Crippen LogP contribution in [-0.2, 0) is 6.54 Å². The number of ketones is 1. The smallest absolute Gasteiger partial charge is 0.343 e. The van der Waals surface area contributed by atoms with Crippen molar-refractivity contribution < 1.29 is 22.5 Å². The van der Waals surface area contributed by atoms with E-state index in [2.05, 4.69) is 25.0 Å². The minimum atomic E-state index is -4.97. The first-order valence-electron chi connectivity index (χ1n) is 4.24. The molecular weight excluding hydrogens is 243 g/mol. The quantitative estimate of drug-likeness (QED) is 0.732. The van der Waals surface area contributed by atoms with E-state index in [4.69, 9.17) is 0 Å². The van der Waals surface area contributed by atoms with Crippen molar-refractivity contribution in [3.05, 3.63) is 24.1 Å². The molecule has 0 fully saturated rings. The molecule has 0 aliphatic rings. The van der Waals surface area contributed by atoms with Crippen LogP contribution in [-0.4, -0.2) is 37.1 Å². The maximum absolute atomic E-state index is 12.1. The molecule has 2 heterocycles. The summed E-state index contributed by atoms with van der Waals surface area (Å²) in [6, 6.07) is 0. The average molecular weight is 247 g/mol. The van der Waals surface area contributed by atoms with E-state index in [0.29, 0.717) is 0 Å². The second-order valence-corrected chi connectivity index (χ2v) is 2.98. The Hall–Kier alpha value is -2.26. The first-order chi connectivity index (χ1) is 7.97. The van der Waals surface area contributed by atoms with Crippen molar-refractivity contribution in [3.63, 3.8) is 0 Å². The van der Waals surface area contributed by atoms with Crippen LogP contribution in [0.15, 0.2) is 17.1 Å². The predicted molar refractivity (Wildman–Crippen MR) is 43.8 cm³/mol. The van der Waals surface area contributed by atoms with Crippen LogP contribution in [0.2, 0.25) is 0 Å². The third-order valence-electron chi connectivity index (χ3n) is 1.74. The number of alkyl halides is 3. The molecule has 0 aromatic carbocycles. The molecule has 0 radical (unpaired) electrons. The second-order valence-electron chi connectivity index (χ2n) is 2.98. The van der Waals surface area contributed by atoms with Gasteiger partial charge in [0.05, 0.1) is 6.20 Å². The van der Waals surface area contributed by atoms with Gasteiger partial charge in [-0.3, -0.25) is 4.79 Å². The molecule has 0 spiro atoms. The zero-order valence-electron chi connectivity index (χ0n) is 8.05. The highest BCUT2D eigenvalue weighted by atomic mass is 19.4. The van der Waals surface area contributed by atoms with Crippen molar-refractivity contribution in [2.24, 2.45) is 0 Å². The molecule has 7 nitrogen and oxygen atoms in total. The highest BCUT2D eigenvalue weighted by Crippen LogP contribution is 2.19. The second kappa shape index (κ2) is 3.96. The van der Waals surface area contributed by atoms with Crippen molar-refractivity contribution >= 4 is 5.78 Å². The minimum absolute atomic E-state index is 0.0331. The van der Waals surface area contributed by atoms with E-state index in [0.717, 1.165) is 17.3 Å². The Morgan fingerprint density at radius 2 is 2.24 bits per heavy atom. The third-order valence-corrected chi connectivity index (χ3v) is 1.74. The van der Waals surface area contributed by atoms with E-state index in [9.17, 15) is 18.0 Å². The molecule has 0 bridgehead atoms. The number of aromatic nitrogens is 5. The number of carbonyl (C=O) groups excluding carboxylic acids is 1. The third kappa shape index (κ3) is 2.46. The van der Waals surface area contributed by atoms with E-state index in [-0.39, 0.29) is 12.4 Å². The lowest BCUT2D eigenvalue weighted by Crippen LogP contribution is -2.23. The molecule has 17 heavy (non-hydrogen) atoms. The molecule has 2 rings (SSSR count). The Kier molecular flexibility index (Phi) is 2.61. The molecule has 0 atom stereocenters. The summed E-state index contributed by atoms with van der Waals surface area (Å²) in [5, 5.41) is 9.90. The normalized spacial score (nSPS) is 11.7. The number of carbonyl (C=O) groups is 1. The van der Waals surface area contributed by atoms with Gasteiger partial charge < -0.3 is 4.52 Å². The van der Waals surface area contributed by atoms with Crippen LogP contribution in [0.4, 0.5) is 13.2 Å². The Morgan fingerprint density at radius 1 is 1.47 bits per heavy atom. The van der Waals surface area contributed by atoms with Gasteiger partial charge in [-0.25, -0.2) is 4.68 Å². The molecule has 0 unspecified atom stereocenters. The number of nitrogens with zero attached hydrogens (tertiary/aromatic N) is 5. The van der Waals surface area contributed by atoms with Crippen LogP contribution in [0.1, 0.15) is 16.3 Å². The SMILES string of the molecule is O=C(c1cn(Cc2ncon2)nn1)C(F)(F)F. The number of halogens is 3. The average Bonchev–Trinajstić information content (AvgIpc) is 2.87. The summed E-state index contributed by atoms with van der Waals surface area (Å²) in [6.45, 7) is -0.0331. The highest BCUT2D eigenvalue weighted by Gasteiger charge is 2.41. The summed E-state index contributed by atoms with van der Waals surface area (Å²) in [5.74, 6) is -1.84. The number of rotatable bonds is 3. The Balaban J connectivity index is 2.14. The number of Topliss-reactive ketones (excluding diaryl/α,β-unsaturated/α-hetero) is 1. The zero-order valence-corrected chi connectivity index (χ0v) is 8.05. The monoisotopic (exact) mass is 247 g/mol. The fourth-order valence-corrected chi connectivity index (χ4v) is 1.03. The summed E-state index contributed by atoms with van der Waals surface area (Å²) in [7, 11) is 0. The van der Waals surface area contributed by atoms with Gasteiger partial charge in [0.1, 0.15) is 6.54 Å². The van der Waals surface area contributed by atoms with E-state index >= 15 is 0 Å². The van der Waals surface area contributed by atoms with E-state index in [1.807, 2.05) is 0 Å².